The summed E-state index contributed by atoms with van der Waals surface area (Å²) in [5.74, 6) is -0.101. The quantitative estimate of drug-likeness (QED) is 0.242. The lowest BCUT2D eigenvalue weighted by molar-refractivity contribution is -0.384. The van der Waals surface area contributed by atoms with Crippen LogP contribution in [-0.4, -0.2) is 10.8 Å². The normalized spacial score (nSPS) is 11.0. The second kappa shape index (κ2) is 8.61. The van der Waals surface area contributed by atoms with E-state index in [2.05, 4.69) is 5.32 Å². The maximum atomic E-state index is 12.4. The van der Waals surface area contributed by atoms with Crippen LogP contribution in [0, 0.1) is 21.4 Å². The second-order valence-electron chi connectivity index (χ2n) is 5.73. The van der Waals surface area contributed by atoms with Crippen LogP contribution in [0.15, 0.2) is 64.6 Å². The summed E-state index contributed by atoms with van der Waals surface area (Å²) in [6, 6.07) is 15.6. The van der Waals surface area contributed by atoms with Crippen molar-refractivity contribution in [1.82, 2.24) is 0 Å². The highest BCUT2D eigenvalue weighted by Crippen LogP contribution is 2.30. The molecule has 3 rings (SSSR count). The van der Waals surface area contributed by atoms with Crippen LogP contribution in [0.25, 0.3) is 17.4 Å². The van der Waals surface area contributed by atoms with Gasteiger partial charge in [-0.2, -0.15) is 5.26 Å². The van der Waals surface area contributed by atoms with Crippen LogP contribution >= 0.6 is 23.2 Å². The van der Waals surface area contributed by atoms with Crippen molar-refractivity contribution in [2.24, 2.45) is 0 Å². The Labute approximate surface area is 174 Å². The zero-order chi connectivity index (χ0) is 21.0. The van der Waals surface area contributed by atoms with Crippen molar-refractivity contribution in [3.05, 3.63) is 86.1 Å². The molecule has 7 nitrogen and oxygen atoms in total. The monoisotopic (exact) mass is 427 g/mol. The van der Waals surface area contributed by atoms with Crippen molar-refractivity contribution >= 4 is 46.6 Å². The van der Waals surface area contributed by atoms with E-state index in [1.165, 1.54) is 24.3 Å². The van der Waals surface area contributed by atoms with Gasteiger partial charge in [-0.1, -0.05) is 41.4 Å². The lowest BCUT2D eigenvalue weighted by atomic mass is 10.1. The average molecular weight is 428 g/mol. The molecule has 144 valence electrons. The molecule has 1 N–H and O–H groups in total. The number of nitro benzene ring substituents is 1. The van der Waals surface area contributed by atoms with Gasteiger partial charge in [-0.15, -0.1) is 0 Å². The third kappa shape index (κ3) is 4.63. The molecule has 0 spiro atoms. The highest BCUT2D eigenvalue weighted by molar-refractivity contribution is 6.44. The second-order valence-corrected chi connectivity index (χ2v) is 6.52. The van der Waals surface area contributed by atoms with Gasteiger partial charge in [0, 0.05) is 23.8 Å². The smallest absolute Gasteiger partial charge is 0.270 e. The third-order valence-electron chi connectivity index (χ3n) is 3.82. The number of benzene rings is 2. The zero-order valence-electron chi connectivity index (χ0n) is 14.6. The number of nitro groups is 1. The Morgan fingerprint density at radius 3 is 2.66 bits per heavy atom. The number of rotatable bonds is 5. The predicted molar refractivity (Wildman–Crippen MR) is 109 cm³/mol. The highest BCUT2D eigenvalue weighted by Gasteiger charge is 2.15. The van der Waals surface area contributed by atoms with Gasteiger partial charge in [0.1, 0.15) is 23.2 Å². The Morgan fingerprint density at radius 2 is 1.93 bits per heavy atom. The van der Waals surface area contributed by atoms with Crippen LogP contribution in [0.3, 0.4) is 0 Å². The number of carbonyl (C=O) groups excluding carboxylic acids is 1. The van der Waals surface area contributed by atoms with Gasteiger partial charge in [0.15, 0.2) is 0 Å². The fraction of sp³-hybridized carbons (Fsp3) is 0. The number of nitrogens with zero attached hydrogens (tertiary/aromatic N) is 2. The number of anilines is 1. The van der Waals surface area contributed by atoms with E-state index >= 15 is 0 Å². The van der Waals surface area contributed by atoms with Gasteiger partial charge in [0.25, 0.3) is 11.6 Å². The molecule has 0 aliphatic heterocycles. The standard InChI is InChI=1S/C20H11Cl2N3O4/c21-16-5-2-6-17(19(16)22)24-20(26)13(11-23)10-15-7-8-18(29-15)12-3-1-4-14(9-12)25(27)28/h1-10H,(H,24,26)/b13-10-. The van der Waals surface area contributed by atoms with Gasteiger partial charge in [0.2, 0.25) is 0 Å². The van der Waals surface area contributed by atoms with Crippen molar-refractivity contribution in [3.63, 3.8) is 0 Å². The molecule has 0 unspecified atom stereocenters. The Bertz CT molecular complexity index is 1180. The van der Waals surface area contributed by atoms with Crippen LogP contribution in [-0.2, 0) is 4.79 Å². The largest absolute Gasteiger partial charge is 0.457 e. The maximum absolute atomic E-state index is 12.4. The van der Waals surface area contributed by atoms with Gasteiger partial charge < -0.3 is 9.73 Å². The first kappa shape index (κ1) is 20.1. The molecule has 0 aliphatic rings. The van der Waals surface area contributed by atoms with Gasteiger partial charge in [-0.25, -0.2) is 0 Å². The molecular weight excluding hydrogens is 417 g/mol. The van der Waals surface area contributed by atoms with E-state index in [0.29, 0.717) is 11.3 Å². The van der Waals surface area contributed by atoms with E-state index in [0.717, 1.165) is 0 Å². The van der Waals surface area contributed by atoms with Crippen molar-refractivity contribution in [3.8, 4) is 17.4 Å². The van der Waals surface area contributed by atoms with Crippen LogP contribution in [0.1, 0.15) is 5.76 Å². The van der Waals surface area contributed by atoms with E-state index in [1.54, 1.807) is 42.5 Å². The summed E-state index contributed by atoms with van der Waals surface area (Å²) >= 11 is 11.9. The number of nitrogens with one attached hydrogen (secondary N) is 1. The van der Waals surface area contributed by atoms with Gasteiger partial charge in [-0.3, -0.25) is 14.9 Å². The average Bonchev–Trinajstić information content (AvgIpc) is 3.18. The SMILES string of the molecule is N#C/C(=C/c1ccc(-c2cccc([N+](=O)[O-])c2)o1)C(=O)Nc1cccc(Cl)c1Cl. The summed E-state index contributed by atoms with van der Waals surface area (Å²) in [6.07, 6.45) is 1.26. The maximum Gasteiger partial charge on any atom is 0.270 e. The molecule has 9 heteroatoms. The zero-order valence-corrected chi connectivity index (χ0v) is 16.1. The number of carbonyl (C=O) groups is 1. The Balaban J connectivity index is 1.84. The fourth-order valence-electron chi connectivity index (χ4n) is 2.44. The number of non-ortho nitro benzene ring substituents is 1. The topological polar surface area (TPSA) is 109 Å². The number of nitriles is 1. The Hall–Kier alpha value is -3.60. The summed E-state index contributed by atoms with van der Waals surface area (Å²) in [5.41, 5.74) is 0.460. The van der Waals surface area contributed by atoms with E-state index in [9.17, 15) is 20.2 Å². The van der Waals surface area contributed by atoms with Crippen molar-refractivity contribution in [2.75, 3.05) is 5.32 Å². The predicted octanol–water partition coefficient (Wildman–Crippen LogP) is 5.71. The molecule has 0 bridgehead atoms. The van der Waals surface area contributed by atoms with E-state index < -0.39 is 10.8 Å². The first-order valence-electron chi connectivity index (χ1n) is 8.11. The first-order valence-corrected chi connectivity index (χ1v) is 8.86. The summed E-state index contributed by atoms with van der Waals surface area (Å²) in [7, 11) is 0. The molecular formula is C20H11Cl2N3O4. The number of hydrogen-bond donors (Lipinski definition) is 1. The molecule has 1 heterocycles. The van der Waals surface area contributed by atoms with Crippen molar-refractivity contribution in [2.45, 2.75) is 0 Å². The molecule has 1 aromatic heterocycles. The molecule has 0 radical (unpaired) electrons. The minimum absolute atomic E-state index is 0.0773. The molecule has 0 saturated heterocycles. The molecule has 0 aliphatic carbocycles. The number of hydrogen-bond acceptors (Lipinski definition) is 5. The van der Waals surface area contributed by atoms with E-state index in [-0.39, 0.29) is 32.8 Å². The Kier molecular flexibility index (Phi) is 5.98. The number of furan rings is 1. The minimum atomic E-state index is -0.690. The van der Waals surface area contributed by atoms with Gasteiger partial charge in [0.05, 0.1) is 20.7 Å². The van der Waals surface area contributed by atoms with Crippen LogP contribution in [0.4, 0.5) is 11.4 Å². The molecule has 3 aromatic rings. The van der Waals surface area contributed by atoms with Crippen molar-refractivity contribution in [1.29, 1.82) is 5.26 Å². The lowest BCUT2D eigenvalue weighted by Crippen LogP contribution is -2.13. The van der Waals surface area contributed by atoms with E-state index in [4.69, 9.17) is 27.6 Å². The minimum Gasteiger partial charge on any atom is -0.457 e. The van der Waals surface area contributed by atoms with Crippen LogP contribution in [0.2, 0.25) is 10.0 Å². The Morgan fingerprint density at radius 1 is 1.17 bits per heavy atom. The summed E-state index contributed by atoms with van der Waals surface area (Å²) < 4.78 is 5.60. The molecule has 2 aromatic carbocycles. The molecule has 1 amide bonds. The molecule has 0 fully saturated rings. The lowest BCUT2D eigenvalue weighted by Gasteiger charge is -2.07. The number of amides is 1. The first-order chi connectivity index (χ1) is 13.9. The summed E-state index contributed by atoms with van der Waals surface area (Å²) in [5, 5.41) is 23.2. The van der Waals surface area contributed by atoms with E-state index in [1.807, 2.05) is 0 Å². The van der Waals surface area contributed by atoms with Gasteiger partial charge in [-0.05, 0) is 24.3 Å². The van der Waals surface area contributed by atoms with Gasteiger partial charge >= 0.3 is 0 Å². The fourth-order valence-corrected chi connectivity index (χ4v) is 2.79. The molecule has 29 heavy (non-hydrogen) atoms. The third-order valence-corrected chi connectivity index (χ3v) is 4.64. The van der Waals surface area contributed by atoms with Crippen LogP contribution < -0.4 is 5.32 Å². The van der Waals surface area contributed by atoms with Crippen LogP contribution in [0.5, 0.6) is 0 Å². The molecule has 0 saturated carbocycles. The highest BCUT2D eigenvalue weighted by atomic mass is 35.5. The number of halogens is 2. The summed E-state index contributed by atoms with van der Waals surface area (Å²) in [6.45, 7) is 0. The van der Waals surface area contributed by atoms with Crippen molar-refractivity contribution < 1.29 is 14.1 Å². The summed E-state index contributed by atoms with van der Waals surface area (Å²) in [4.78, 5) is 22.8. The molecule has 0 atom stereocenters.